The van der Waals surface area contributed by atoms with Gasteiger partial charge in [-0.2, -0.15) is 0 Å². The molecule has 5 N–H and O–H groups in total. The van der Waals surface area contributed by atoms with Crippen molar-refractivity contribution in [2.24, 2.45) is 29.2 Å². The van der Waals surface area contributed by atoms with Crippen LogP contribution < -0.4 is 16.8 Å². The van der Waals surface area contributed by atoms with Crippen molar-refractivity contribution < 1.29 is 9.59 Å². The van der Waals surface area contributed by atoms with E-state index in [0.717, 1.165) is 31.2 Å². The van der Waals surface area contributed by atoms with Gasteiger partial charge in [0, 0.05) is 23.2 Å². The fraction of sp³-hybridized carbons (Fsp3) is 0.556. The Morgan fingerprint density at radius 3 is 2.43 bits per heavy atom. The van der Waals surface area contributed by atoms with Gasteiger partial charge in [0.2, 0.25) is 11.8 Å². The van der Waals surface area contributed by atoms with Crippen LogP contribution in [0.15, 0.2) is 18.2 Å². The quantitative estimate of drug-likeness (QED) is 0.797. The monoisotopic (exact) mass is 315 g/mol. The van der Waals surface area contributed by atoms with E-state index in [4.69, 9.17) is 11.5 Å². The second kappa shape index (κ2) is 6.32. The molecular formula is C18H25N3O2. The van der Waals surface area contributed by atoms with Gasteiger partial charge >= 0.3 is 0 Å². The molecule has 3 rings (SSSR count). The lowest BCUT2D eigenvalue weighted by Crippen LogP contribution is -2.48. The molecule has 124 valence electrons. The largest absolute Gasteiger partial charge is 0.366 e. The number of hydrogen-bond acceptors (Lipinski definition) is 3. The minimum absolute atomic E-state index is 0.0171. The first-order valence-corrected chi connectivity index (χ1v) is 8.42. The smallest absolute Gasteiger partial charge is 0.249 e. The second-order valence-corrected chi connectivity index (χ2v) is 7.08. The molecule has 1 aromatic rings. The van der Waals surface area contributed by atoms with Crippen LogP contribution in [0.5, 0.6) is 0 Å². The van der Waals surface area contributed by atoms with E-state index in [1.54, 1.807) is 12.1 Å². The summed E-state index contributed by atoms with van der Waals surface area (Å²) in [5.74, 6) is 0.517. The maximum Gasteiger partial charge on any atom is 0.249 e. The van der Waals surface area contributed by atoms with Gasteiger partial charge < -0.3 is 16.8 Å². The van der Waals surface area contributed by atoms with Crippen LogP contribution in [-0.4, -0.2) is 17.9 Å². The molecule has 2 saturated carbocycles. The van der Waals surface area contributed by atoms with Gasteiger partial charge in [-0.05, 0) is 62.1 Å². The number of benzene rings is 1. The molecular weight excluding hydrogens is 290 g/mol. The van der Waals surface area contributed by atoms with Crippen molar-refractivity contribution in [1.29, 1.82) is 0 Å². The Hall–Kier alpha value is -1.88. The minimum atomic E-state index is -0.475. The zero-order valence-electron chi connectivity index (χ0n) is 13.5. The summed E-state index contributed by atoms with van der Waals surface area (Å²) in [5.41, 5.74) is 13.6. The van der Waals surface area contributed by atoms with Crippen molar-refractivity contribution in [3.63, 3.8) is 0 Å². The topological polar surface area (TPSA) is 98.2 Å². The van der Waals surface area contributed by atoms with Crippen LogP contribution in [-0.2, 0) is 4.79 Å². The molecule has 23 heavy (non-hydrogen) atoms. The number of hydrogen-bond donors (Lipinski definition) is 3. The van der Waals surface area contributed by atoms with Crippen molar-refractivity contribution in [3.05, 3.63) is 29.3 Å². The van der Waals surface area contributed by atoms with Gasteiger partial charge in [-0.15, -0.1) is 0 Å². The molecule has 0 aromatic heterocycles. The lowest BCUT2D eigenvalue weighted by Gasteiger charge is -2.43. The molecule has 5 nitrogen and oxygen atoms in total. The Balaban J connectivity index is 1.70. The first-order valence-electron chi connectivity index (χ1n) is 8.42. The number of nitrogens with two attached hydrogens (primary N) is 2. The van der Waals surface area contributed by atoms with Gasteiger partial charge in [0.15, 0.2) is 0 Å². The zero-order chi connectivity index (χ0) is 16.6. The van der Waals surface area contributed by atoms with Gasteiger partial charge in [-0.3, -0.25) is 9.59 Å². The Morgan fingerprint density at radius 2 is 1.83 bits per heavy atom. The van der Waals surface area contributed by atoms with E-state index in [-0.39, 0.29) is 17.9 Å². The number of anilines is 1. The maximum atomic E-state index is 12.6. The number of nitrogens with one attached hydrogen (secondary N) is 1. The summed E-state index contributed by atoms with van der Waals surface area (Å²) in [4.78, 5) is 24.0. The van der Waals surface area contributed by atoms with Crippen molar-refractivity contribution in [2.45, 2.75) is 45.1 Å². The molecule has 2 atom stereocenters. The van der Waals surface area contributed by atoms with Gasteiger partial charge in [-0.1, -0.05) is 12.5 Å². The molecule has 2 amide bonds. The highest BCUT2D eigenvalue weighted by molar-refractivity contribution is 5.98. The Bertz CT molecular complexity index is 615. The molecule has 0 saturated heterocycles. The number of rotatable bonds is 3. The predicted octanol–water partition coefficient (Wildman–Crippen LogP) is 2.19. The highest BCUT2D eigenvalue weighted by Crippen LogP contribution is 2.42. The van der Waals surface area contributed by atoms with Crippen LogP contribution in [0.2, 0.25) is 0 Å². The van der Waals surface area contributed by atoms with Crippen LogP contribution in [0.1, 0.15) is 48.0 Å². The highest BCUT2D eigenvalue weighted by atomic mass is 16.2. The van der Waals surface area contributed by atoms with E-state index in [9.17, 15) is 9.59 Å². The number of aryl methyl sites for hydroxylation is 1. The van der Waals surface area contributed by atoms with Crippen molar-refractivity contribution in [1.82, 2.24) is 0 Å². The van der Waals surface area contributed by atoms with Gasteiger partial charge in [0.05, 0.1) is 0 Å². The standard InChI is InChI=1S/C18H25N3O2/c1-10-5-6-14(9-15(10)17(20)22)21-18(23)13-7-11-3-2-4-12(8-13)16(11)19/h5-6,9,11-13,16H,2-4,7-8,19H2,1H3,(H2,20,22)(H,21,23). The van der Waals surface area contributed by atoms with Crippen LogP contribution in [0.25, 0.3) is 0 Å². The summed E-state index contributed by atoms with van der Waals surface area (Å²) in [5, 5.41) is 2.95. The van der Waals surface area contributed by atoms with Crippen molar-refractivity contribution in [2.75, 3.05) is 5.32 Å². The number of carbonyl (C=O) groups is 2. The van der Waals surface area contributed by atoms with Crippen LogP contribution in [0, 0.1) is 24.7 Å². The first-order chi connectivity index (χ1) is 11.0. The molecule has 2 aliphatic carbocycles. The average Bonchev–Trinajstić information content (AvgIpc) is 2.48. The third-order valence-electron chi connectivity index (χ3n) is 5.55. The Kier molecular flexibility index (Phi) is 4.39. The maximum absolute atomic E-state index is 12.6. The normalized spacial score (nSPS) is 29.8. The summed E-state index contributed by atoms with van der Waals surface area (Å²) in [6, 6.07) is 5.54. The van der Waals surface area contributed by atoms with Gasteiger partial charge in [0.25, 0.3) is 0 Å². The fourth-order valence-corrected chi connectivity index (χ4v) is 4.21. The van der Waals surface area contributed by atoms with Gasteiger partial charge in [0.1, 0.15) is 0 Å². The van der Waals surface area contributed by atoms with E-state index in [2.05, 4.69) is 5.32 Å². The molecule has 0 heterocycles. The lowest BCUT2D eigenvalue weighted by atomic mass is 9.65. The van der Waals surface area contributed by atoms with Crippen molar-refractivity contribution >= 4 is 17.5 Å². The van der Waals surface area contributed by atoms with E-state index in [1.165, 1.54) is 6.42 Å². The van der Waals surface area contributed by atoms with Crippen LogP contribution in [0.4, 0.5) is 5.69 Å². The molecule has 1 aromatic carbocycles. The third-order valence-corrected chi connectivity index (χ3v) is 5.55. The minimum Gasteiger partial charge on any atom is -0.366 e. The van der Waals surface area contributed by atoms with Crippen molar-refractivity contribution in [3.8, 4) is 0 Å². The summed E-state index contributed by atoms with van der Waals surface area (Å²) in [6.07, 6.45) is 5.25. The predicted molar refractivity (Wildman–Crippen MR) is 89.9 cm³/mol. The third kappa shape index (κ3) is 3.24. The molecule has 2 aliphatic rings. The van der Waals surface area contributed by atoms with E-state index in [0.29, 0.717) is 23.1 Å². The number of primary amides is 1. The van der Waals surface area contributed by atoms with Gasteiger partial charge in [-0.25, -0.2) is 0 Å². The number of fused-ring (bicyclic) bond motifs is 2. The molecule has 0 radical (unpaired) electrons. The summed E-state index contributed by atoms with van der Waals surface area (Å²) < 4.78 is 0. The summed E-state index contributed by atoms with van der Waals surface area (Å²) in [7, 11) is 0. The Labute approximate surface area is 136 Å². The number of amides is 2. The summed E-state index contributed by atoms with van der Waals surface area (Å²) >= 11 is 0. The summed E-state index contributed by atoms with van der Waals surface area (Å²) in [6.45, 7) is 1.83. The van der Waals surface area contributed by atoms with E-state index < -0.39 is 5.91 Å². The number of carbonyl (C=O) groups excluding carboxylic acids is 2. The fourth-order valence-electron chi connectivity index (χ4n) is 4.21. The van der Waals surface area contributed by atoms with Crippen LogP contribution in [0.3, 0.4) is 0 Å². The molecule has 2 bridgehead atoms. The molecule has 2 fully saturated rings. The SMILES string of the molecule is Cc1ccc(NC(=O)C2CC3CCCC(C2)C3N)cc1C(N)=O. The zero-order valence-corrected chi connectivity index (χ0v) is 13.5. The Morgan fingerprint density at radius 1 is 1.17 bits per heavy atom. The average molecular weight is 315 g/mol. The molecule has 5 heteroatoms. The molecule has 2 unspecified atom stereocenters. The lowest BCUT2D eigenvalue weighted by molar-refractivity contribution is -0.122. The second-order valence-electron chi connectivity index (χ2n) is 7.08. The van der Waals surface area contributed by atoms with Crippen LogP contribution >= 0.6 is 0 Å². The molecule has 0 aliphatic heterocycles. The first kappa shape index (κ1) is 16.0. The highest BCUT2D eigenvalue weighted by Gasteiger charge is 2.40. The molecule has 0 spiro atoms. The van der Waals surface area contributed by atoms with E-state index in [1.807, 2.05) is 13.0 Å². The van der Waals surface area contributed by atoms with E-state index >= 15 is 0 Å².